The summed E-state index contributed by atoms with van der Waals surface area (Å²) in [6, 6.07) is 8.84. The fraction of sp³-hybridized carbons (Fsp3) is 0.278. The van der Waals surface area contributed by atoms with Crippen molar-refractivity contribution in [2.24, 2.45) is 0 Å². The number of hydrogen-bond donors (Lipinski definition) is 2. The quantitative estimate of drug-likeness (QED) is 0.724. The molecule has 0 aliphatic heterocycles. The van der Waals surface area contributed by atoms with E-state index in [0.29, 0.717) is 33.8 Å². The van der Waals surface area contributed by atoms with Crippen LogP contribution in [-0.2, 0) is 4.79 Å². The van der Waals surface area contributed by atoms with Crippen molar-refractivity contribution in [3.63, 3.8) is 0 Å². The highest BCUT2D eigenvalue weighted by molar-refractivity contribution is 6.32. The minimum atomic E-state index is -0.132. The minimum absolute atomic E-state index is 0.132. The highest BCUT2D eigenvalue weighted by atomic mass is 35.5. The topological polar surface area (TPSA) is 59.6 Å². The summed E-state index contributed by atoms with van der Waals surface area (Å²) >= 11 is 12.1. The highest BCUT2D eigenvalue weighted by Crippen LogP contribution is 2.31. The Kier molecular flexibility index (Phi) is 6.79. The molecule has 0 heterocycles. The van der Waals surface area contributed by atoms with E-state index in [1.807, 2.05) is 13.0 Å². The SMILES string of the molecule is COc1ccc(NCCC(=O)Nc2cc(C)c(Cl)cc2OC)cc1Cl. The third kappa shape index (κ3) is 5.18. The molecule has 0 aliphatic carbocycles. The Morgan fingerprint density at radius 3 is 2.40 bits per heavy atom. The predicted octanol–water partition coefficient (Wildman–Crippen LogP) is 4.76. The van der Waals surface area contributed by atoms with Gasteiger partial charge in [0.1, 0.15) is 11.5 Å². The molecule has 2 N–H and O–H groups in total. The summed E-state index contributed by atoms with van der Waals surface area (Å²) in [4.78, 5) is 12.1. The lowest BCUT2D eigenvalue weighted by Gasteiger charge is -2.13. The van der Waals surface area contributed by atoms with Crippen LogP contribution in [0.2, 0.25) is 10.0 Å². The van der Waals surface area contributed by atoms with Gasteiger partial charge in [-0.3, -0.25) is 4.79 Å². The number of anilines is 2. The van der Waals surface area contributed by atoms with Crippen LogP contribution >= 0.6 is 23.2 Å². The molecule has 1 amide bonds. The first-order chi connectivity index (χ1) is 11.9. The maximum absolute atomic E-state index is 12.1. The van der Waals surface area contributed by atoms with Gasteiger partial charge >= 0.3 is 0 Å². The van der Waals surface area contributed by atoms with Crippen molar-refractivity contribution < 1.29 is 14.3 Å². The van der Waals surface area contributed by atoms with Crippen LogP contribution in [0.1, 0.15) is 12.0 Å². The molecule has 0 saturated heterocycles. The van der Waals surface area contributed by atoms with Crippen LogP contribution in [0.25, 0.3) is 0 Å². The zero-order valence-electron chi connectivity index (χ0n) is 14.3. The van der Waals surface area contributed by atoms with Crippen LogP contribution in [0.3, 0.4) is 0 Å². The standard InChI is InChI=1S/C18H20Cl2N2O3/c1-11-8-15(17(25-3)10-13(11)19)22-18(23)6-7-21-12-4-5-16(24-2)14(20)9-12/h4-5,8-10,21H,6-7H2,1-3H3,(H,22,23). The third-order valence-electron chi connectivity index (χ3n) is 3.59. The normalized spacial score (nSPS) is 10.3. The van der Waals surface area contributed by atoms with Gasteiger partial charge in [-0.1, -0.05) is 23.2 Å². The second-order valence-electron chi connectivity index (χ2n) is 5.38. The Bertz CT molecular complexity index is 766. The number of hydrogen-bond acceptors (Lipinski definition) is 4. The number of carbonyl (C=O) groups excluding carboxylic acids is 1. The van der Waals surface area contributed by atoms with Crippen molar-refractivity contribution in [3.05, 3.63) is 45.9 Å². The van der Waals surface area contributed by atoms with Crippen molar-refractivity contribution in [1.29, 1.82) is 0 Å². The van der Waals surface area contributed by atoms with E-state index in [1.54, 1.807) is 31.4 Å². The van der Waals surface area contributed by atoms with Crippen molar-refractivity contribution >= 4 is 40.5 Å². The molecule has 7 heteroatoms. The van der Waals surface area contributed by atoms with Crippen LogP contribution in [0.5, 0.6) is 11.5 Å². The summed E-state index contributed by atoms with van der Waals surface area (Å²) in [5.41, 5.74) is 2.28. The van der Waals surface area contributed by atoms with E-state index in [1.165, 1.54) is 7.11 Å². The molecule has 0 saturated carbocycles. The molecule has 0 atom stereocenters. The van der Waals surface area contributed by atoms with Gasteiger partial charge in [0.05, 0.1) is 24.9 Å². The molecular formula is C18H20Cl2N2O3. The number of halogens is 2. The van der Waals surface area contributed by atoms with Gasteiger partial charge in [0, 0.05) is 29.7 Å². The smallest absolute Gasteiger partial charge is 0.226 e. The number of aryl methyl sites for hydroxylation is 1. The zero-order chi connectivity index (χ0) is 18.4. The van der Waals surface area contributed by atoms with Gasteiger partial charge in [-0.2, -0.15) is 0 Å². The lowest BCUT2D eigenvalue weighted by atomic mass is 10.2. The first-order valence-electron chi connectivity index (χ1n) is 7.66. The third-order valence-corrected chi connectivity index (χ3v) is 4.29. The van der Waals surface area contributed by atoms with E-state index in [2.05, 4.69) is 10.6 Å². The molecule has 0 aromatic heterocycles. The van der Waals surface area contributed by atoms with Gasteiger partial charge in [-0.25, -0.2) is 0 Å². The van der Waals surface area contributed by atoms with E-state index in [4.69, 9.17) is 32.7 Å². The molecule has 2 aromatic carbocycles. The lowest BCUT2D eigenvalue weighted by molar-refractivity contribution is -0.116. The Morgan fingerprint density at radius 1 is 1.04 bits per heavy atom. The van der Waals surface area contributed by atoms with Crippen LogP contribution < -0.4 is 20.1 Å². The molecule has 0 spiro atoms. The average molecular weight is 383 g/mol. The number of benzene rings is 2. The number of carbonyl (C=O) groups is 1. The van der Waals surface area contributed by atoms with Crippen molar-refractivity contribution in [1.82, 2.24) is 0 Å². The van der Waals surface area contributed by atoms with Crippen LogP contribution in [-0.4, -0.2) is 26.7 Å². The molecule has 0 unspecified atom stereocenters. The Hall–Kier alpha value is -2.11. The highest BCUT2D eigenvalue weighted by Gasteiger charge is 2.10. The van der Waals surface area contributed by atoms with Gasteiger partial charge in [-0.15, -0.1) is 0 Å². The monoisotopic (exact) mass is 382 g/mol. The van der Waals surface area contributed by atoms with E-state index in [9.17, 15) is 4.79 Å². The molecule has 0 fully saturated rings. The van der Waals surface area contributed by atoms with Crippen molar-refractivity contribution in [3.8, 4) is 11.5 Å². The minimum Gasteiger partial charge on any atom is -0.495 e. The van der Waals surface area contributed by atoms with Crippen molar-refractivity contribution in [2.45, 2.75) is 13.3 Å². The molecule has 2 aromatic rings. The number of rotatable bonds is 7. The molecule has 25 heavy (non-hydrogen) atoms. The van der Waals surface area contributed by atoms with E-state index in [0.717, 1.165) is 11.3 Å². The van der Waals surface area contributed by atoms with Crippen LogP contribution in [0.4, 0.5) is 11.4 Å². The second-order valence-corrected chi connectivity index (χ2v) is 6.19. The van der Waals surface area contributed by atoms with Gasteiger partial charge in [-0.05, 0) is 36.8 Å². The van der Waals surface area contributed by atoms with Crippen molar-refractivity contribution in [2.75, 3.05) is 31.4 Å². The Morgan fingerprint density at radius 2 is 1.76 bits per heavy atom. The molecule has 0 aliphatic rings. The number of nitrogens with one attached hydrogen (secondary N) is 2. The summed E-state index contributed by atoms with van der Waals surface area (Å²) in [5, 5.41) is 7.09. The van der Waals surface area contributed by atoms with Crippen LogP contribution in [0, 0.1) is 6.92 Å². The summed E-state index contributed by atoms with van der Waals surface area (Å²) in [7, 11) is 3.09. The largest absolute Gasteiger partial charge is 0.495 e. The number of methoxy groups -OCH3 is 2. The van der Waals surface area contributed by atoms with Crippen LogP contribution in [0.15, 0.2) is 30.3 Å². The molecule has 134 valence electrons. The average Bonchev–Trinajstić information content (AvgIpc) is 2.58. The van der Waals surface area contributed by atoms with Gasteiger partial charge in [0.25, 0.3) is 0 Å². The number of amides is 1. The fourth-order valence-corrected chi connectivity index (χ4v) is 2.65. The summed E-state index contributed by atoms with van der Waals surface area (Å²) in [6.07, 6.45) is 0.286. The van der Waals surface area contributed by atoms with E-state index < -0.39 is 0 Å². The first kappa shape index (κ1) is 19.2. The number of ether oxygens (including phenoxy) is 2. The zero-order valence-corrected chi connectivity index (χ0v) is 15.8. The van der Waals surface area contributed by atoms with Gasteiger partial charge in [0.15, 0.2) is 0 Å². The first-order valence-corrected chi connectivity index (χ1v) is 8.41. The van der Waals surface area contributed by atoms with E-state index >= 15 is 0 Å². The summed E-state index contributed by atoms with van der Waals surface area (Å²) in [6.45, 7) is 2.33. The summed E-state index contributed by atoms with van der Waals surface area (Å²) < 4.78 is 10.4. The molecular weight excluding hydrogens is 363 g/mol. The van der Waals surface area contributed by atoms with Gasteiger partial charge in [0.2, 0.25) is 5.91 Å². The van der Waals surface area contributed by atoms with Gasteiger partial charge < -0.3 is 20.1 Å². The Balaban J connectivity index is 1.91. The molecule has 0 bridgehead atoms. The second kappa shape index (κ2) is 8.83. The fourth-order valence-electron chi connectivity index (χ4n) is 2.24. The predicted molar refractivity (Wildman–Crippen MR) is 102 cm³/mol. The molecule has 2 rings (SSSR count). The maximum atomic E-state index is 12.1. The lowest BCUT2D eigenvalue weighted by Crippen LogP contribution is -2.16. The maximum Gasteiger partial charge on any atom is 0.226 e. The van der Waals surface area contributed by atoms with E-state index in [-0.39, 0.29) is 12.3 Å². The Labute approximate surface area is 157 Å². The molecule has 0 radical (unpaired) electrons. The molecule has 5 nitrogen and oxygen atoms in total. The summed E-state index contributed by atoms with van der Waals surface area (Å²) in [5.74, 6) is 1.00.